The van der Waals surface area contributed by atoms with Crippen molar-refractivity contribution in [2.75, 3.05) is 10.6 Å². The Labute approximate surface area is 261 Å². The Kier molecular flexibility index (Phi) is 10.8. The van der Waals surface area contributed by atoms with Crippen molar-refractivity contribution < 1.29 is 14.4 Å². The van der Waals surface area contributed by atoms with Crippen LogP contribution in [-0.2, 0) is 9.59 Å². The van der Waals surface area contributed by atoms with Crippen LogP contribution >= 0.6 is 23.4 Å². The van der Waals surface area contributed by atoms with E-state index >= 15 is 0 Å². The molecule has 0 fully saturated rings. The molecule has 0 saturated carbocycles. The van der Waals surface area contributed by atoms with Crippen molar-refractivity contribution in [3.8, 4) is 0 Å². The predicted molar refractivity (Wildman–Crippen MR) is 178 cm³/mol. The van der Waals surface area contributed by atoms with Crippen molar-refractivity contribution in [3.05, 3.63) is 130 Å². The van der Waals surface area contributed by atoms with Crippen LogP contribution in [-0.4, -0.2) is 23.0 Å². The van der Waals surface area contributed by atoms with Gasteiger partial charge in [-0.3, -0.25) is 14.4 Å². The molecule has 43 heavy (non-hydrogen) atoms. The van der Waals surface area contributed by atoms with E-state index in [1.807, 2.05) is 68.4 Å². The molecule has 3 N–H and O–H groups in total. The minimum Gasteiger partial charge on any atom is -0.325 e. The monoisotopic (exact) mass is 611 g/mol. The summed E-state index contributed by atoms with van der Waals surface area (Å²) in [5, 5.41) is 8.76. The van der Waals surface area contributed by atoms with Crippen molar-refractivity contribution in [3.63, 3.8) is 0 Å². The number of nitrogens with one attached hydrogen (secondary N) is 3. The van der Waals surface area contributed by atoms with Crippen molar-refractivity contribution in [1.82, 2.24) is 5.32 Å². The van der Waals surface area contributed by atoms with Crippen LogP contribution in [0.3, 0.4) is 0 Å². The molecule has 0 radical (unpaired) electrons. The number of anilines is 2. The van der Waals surface area contributed by atoms with Crippen LogP contribution in [0.5, 0.6) is 0 Å². The molecule has 0 heterocycles. The fourth-order valence-electron chi connectivity index (χ4n) is 4.07. The maximum absolute atomic E-state index is 13.4. The van der Waals surface area contributed by atoms with Crippen molar-refractivity contribution in [2.45, 2.75) is 43.8 Å². The summed E-state index contributed by atoms with van der Waals surface area (Å²) in [5.74, 6) is -0.605. The Morgan fingerprint density at radius 3 is 2.07 bits per heavy atom. The summed E-state index contributed by atoms with van der Waals surface area (Å²) in [6.45, 7) is 7.96. The van der Waals surface area contributed by atoms with Crippen LogP contribution in [0.2, 0.25) is 5.02 Å². The predicted octanol–water partition coefficient (Wildman–Crippen LogP) is 8.30. The molecule has 0 aliphatic carbocycles. The van der Waals surface area contributed by atoms with Crippen LogP contribution in [0.1, 0.15) is 53.7 Å². The number of carbonyl (C=O) groups excluding carboxylic acids is 3. The van der Waals surface area contributed by atoms with Gasteiger partial charge < -0.3 is 16.0 Å². The molecule has 8 heteroatoms. The van der Waals surface area contributed by atoms with Gasteiger partial charge in [-0.05, 0) is 91.1 Å². The van der Waals surface area contributed by atoms with Crippen LogP contribution in [0.4, 0.5) is 11.4 Å². The first-order chi connectivity index (χ1) is 20.6. The van der Waals surface area contributed by atoms with Crippen molar-refractivity contribution in [2.24, 2.45) is 0 Å². The Morgan fingerprint density at radius 2 is 1.44 bits per heavy atom. The number of benzene rings is 4. The van der Waals surface area contributed by atoms with E-state index in [-0.39, 0.29) is 22.8 Å². The molecule has 3 amide bonds. The van der Waals surface area contributed by atoms with Crippen LogP contribution in [0.15, 0.2) is 108 Å². The van der Waals surface area contributed by atoms with E-state index in [1.54, 1.807) is 48.5 Å². The highest BCUT2D eigenvalue weighted by molar-refractivity contribution is 8.00. The fraction of sp³-hybridized carbons (Fsp3) is 0.171. The lowest BCUT2D eigenvalue weighted by molar-refractivity contribution is -0.115. The molecular formula is C35H34ClN3O3S. The SMILES string of the molecule is Cc1ccc(NC(=O)C(C)Sc2ccc(NC(=O)/C(=C/c3ccc(C(C)C)cc3)NC(=O)c3ccccc3)cc2)cc1Cl. The maximum atomic E-state index is 13.4. The summed E-state index contributed by atoms with van der Waals surface area (Å²) >= 11 is 7.57. The topological polar surface area (TPSA) is 87.3 Å². The van der Waals surface area contributed by atoms with Gasteiger partial charge in [0, 0.05) is 26.9 Å². The summed E-state index contributed by atoms with van der Waals surface area (Å²) in [7, 11) is 0. The van der Waals surface area contributed by atoms with Crippen molar-refractivity contribution in [1.29, 1.82) is 0 Å². The second-order valence-electron chi connectivity index (χ2n) is 10.4. The molecule has 0 saturated heterocycles. The number of aryl methyl sites for hydroxylation is 1. The minimum atomic E-state index is -0.456. The number of thioether (sulfide) groups is 1. The summed E-state index contributed by atoms with van der Waals surface area (Å²) in [6.07, 6.45) is 1.66. The molecule has 0 bridgehead atoms. The van der Waals surface area contributed by atoms with Gasteiger partial charge in [-0.1, -0.05) is 74.0 Å². The molecule has 0 aliphatic rings. The van der Waals surface area contributed by atoms with Gasteiger partial charge in [0.25, 0.3) is 11.8 Å². The number of carbonyl (C=O) groups is 3. The van der Waals surface area contributed by atoms with Crippen LogP contribution < -0.4 is 16.0 Å². The second kappa shape index (κ2) is 14.7. The lowest BCUT2D eigenvalue weighted by Gasteiger charge is -2.14. The van der Waals surface area contributed by atoms with Crippen LogP contribution in [0.25, 0.3) is 6.08 Å². The molecular weight excluding hydrogens is 578 g/mol. The first kappa shape index (κ1) is 31.6. The normalized spacial score (nSPS) is 12.0. The van der Waals surface area contributed by atoms with E-state index in [0.717, 1.165) is 16.0 Å². The zero-order valence-electron chi connectivity index (χ0n) is 24.5. The first-order valence-electron chi connectivity index (χ1n) is 13.9. The van der Waals surface area contributed by atoms with Gasteiger partial charge in [0.05, 0.1) is 5.25 Å². The summed E-state index contributed by atoms with van der Waals surface area (Å²) in [5.41, 5.74) is 4.67. The number of rotatable bonds is 10. The average Bonchev–Trinajstić information content (AvgIpc) is 3.00. The molecule has 0 aliphatic heterocycles. The molecule has 4 rings (SSSR count). The Bertz CT molecular complexity index is 1620. The average molecular weight is 612 g/mol. The quantitative estimate of drug-likeness (QED) is 0.124. The van der Waals surface area contributed by atoms with E-state index in [2.05, 4.69) is 29.8 Å². The van der Waals surface area contributed by atoms with Gasteiger partial charge in [-0.2, -0.15) is 0 Å². The van der Waals surface area contributed by atoms with E-state index in [0.29, 0.717) is 27.9 Å². The maximum Gasteiger partial charge on any atom is 0.272 e. The number of hydrogen-bond donors (Lipinski definition) is 3. The third-order valence-corrected chi connectivity index (χ3v) is 8.20. The van der Waals surface area contributed by atoms with E-state index < -0.39 is 5.91 Å². The van der Waals surface area contributed by atoms with E-state index in [9.17, 15) is 14.4 Å². The number of amides is 3. The van der Waals surface area contributed by atoms with Gasteiger partial charge in [-0.15, -0.1) is 11.8 Å². The lowest BCUT2D eigenvalue weighted by Crippen LogP contribution is -2.30. The van der Waals surface area contributed by atoms with Gasteiger partial charge in [0.15, 0.2) is 0 Å². The number of halogens is 1. The first-order valence-corrected chi connectivity index (χ1v) is 15.2. The molecule has 6 nitrogen and oxygen atoms in total. The molecule has 1 atom stereocenters. The lowest BCUT2D eigenvalue weighted by atomic mass is 10.0. The number of hydrogen-bond acceptors (Lipinski definition) is 4. The molecule has 4 aromatic carbocycles. The van der Waals surface area contributed by atoms with E-state index in [1.165, 1.54) is 17.3 Å². The highest BCUT2D eigenvalue weighted by atomic mass is 35.5. The summed E-state index contributed by atoms with van der Waals surface area (Å²) in [4.78, 5) is 39.9. The minimum absolute atomic E-state index is 0.117. The van der Waals surface area contributed by atoms with Gasteiger partial charge >= 0.3 is 0 Å². The van der Waals surface area contributed by atoms with E-state index in [4.69, 9.17) is 11.6 Å². The van der Waals surface area contributed by atoms with Crippen LogP contribution in [0, 0.1) is 6.92 Å². The Hall–Kier alpha value is -4.33. The second-order valence-corrected chi connectivity index (χ2v) is 12.2. The molecule has 1 unspecified atom stereocenters. The third kappa shape index (κ3) is 9.08. The Balaban J connectivity index is 1.44. The highest BCUT2D eigenvalue weighted by Gasteiger charge is 2.17. The fourth-order valence-corrected chi connectivity index (χ4v) is 5.12. The molecule has 220 valence electrons. The van der Waals surface area contributed by atoms with Gasteiger partial charge in [-0.25, -0.2) is 0 Å². The standard InChI is InChI=1S/C35H34ClN3O3S/c1-22(2)26-13-11-25(12-14-26)20-32(39-34(41)27-8-6-5-7-9-27)35(42)37-28-16-18-30(19-17-28)43-24(4)33(40)38-29-15-10-23(3)31(36)21-29/h5-22,24H,1-4H3,(H,37,42)(H,38,40)(H,39,41)/b32-20-. The highest BCUT2D eigenvalue weighted by Crippen LogP contribution is 2.27. The molecule has 0 aromatic heterocycles. The zero-order chi connectivity index (χ0) is 30.9. The smallest absolute Gasteiger partial charge is 0.272 e. The van der Waals surface area contributed by atoms with Crippen molar-refractivity contribution >= 4 is 58.5 Å². The summed E-state index contributed by atoms with van der Waals surface area (Å²) in [6, 6.07) is 29.2. The largest absolute Gasteiger partial charge is 0.325 e. The zero-order valence-corrected chi connectivity index (χ0v) is 26.1. The third-order valence-electron chi connectivity index (χ3n) is 6.68. The van der Waals surface area contributed by atoms with Gasteiger partial charge in [0.2, 0.25) is 5.91 Å². The Morgan fingerprint density at radius 1 is 0.791 bits per heavy atom. The van der Waals surface area contributed by atoms with Gasteiger partial charge in [0.1, 0.15) is 5.70 Å². The molecule has 4 aromatic rings. The molecule has 0 spiro atoms. The summed E-state index contributed by atoms with van der Waals surface area (Å²) < 4.78 is 0.